The van der Waals surface area contributed by atoms with Gasteiger partial charge in [0.2, 0.25) is 10.0 Å². The summed E-state index contributed by atoms with van der Waals surface area (Å²) in [4.78, 5) is 12.2. The Hall–Kier alpha value is -1.44. The van der Waals surface area contributed by atoms with Crippen molar-refractivity contribution in [2.24, 2.45) is 0 Å². The van der Waals surface area contributed by atoms with Gasteiger partial charge in [0.05, 0.1) is 6.26 Å². The molecule has 0 radical (unpaired) electrons. The lowest BCUT2D eigenvalue weighted by Crippen LogP contribution is -2.31. The van der Waals surface area contributed by atoms with Crippen molar-refractivity contribution in [2.45, 2.75) is 19.4 Å². The van der Waals surface area contributed by atoms with Crippen molar-refractivity contribution in [1.82, 2.24) is 15.4 Å². The van der Waals surface area contributed by atoms with E-state index in [2.05, 4.69) is 15.4 Å². The van der Waals surface area contributed by atoms with E-state index in [1.54, 1.807) is 0 Å². The smallest absolute Gasteiger partial charge is 0.251 e. The summed E-state index contributed by atoms with van der Waals surface area (Å²) in [6.45, 7) is 2.46. The third-order valence-electron chi connectivity index (χ3n) is 3.39. The molecule has 116 valence electrons. The van der Waals surface area contributed by atoms with E-state index >= 15 is 0 Å². The van der Waals surface area contributed by atoms with Crippen LogP contribution in [0, 0.1) is 0 Å². The van der Waals surface area contributed by atoms with Gasteiger partial charge in [-0.1, -0.05) is 12.1 Å². The number of amides is 1. The Balaban J connectivity index is 1.87. The fourth-order valence-electron chi connectivity index (χ4n) is 2.39. The minimum Gasteiger partial charge on any atom is -0.352 e. The zero-order chi connectivity index (χ0) is 15.3. The van der Waals surface area contributed by atoms with E-state index in [-0.39, 0.29) is 5.91 Å². The van der Waals surface area contributed by atoms with Crippen molar-refractivity contribution in [3.05, 3.63) is 34.9 Å². The summed E-state index contributed by atoms with van der Waals surface area (Å²) >= 11 is 0. The summed E-state index contributed by atoms with van der Waals surface area (Å²) < 4.78 is 24.2. The van der Waals surface area contributed by atoms with E-state index in [1.807, 2.05) is 18.2 Å². The van der Waals surface area contributed by atoms with Gasteiger partial charge in [-0.05, 0) is 36.6 Å². The number of hydrogen-bond donors (Lipinski definition) is 3. The second kappa shape index (κ2) is 7.02. The lowest BCUT2D eigenvalue weighted by Gasteiger charge is -2.19. The van der Waals surface area contributed by atoms with Gasteiger partial charge in [0.1, 0.15) is 0 Å². The Morgan fingerprint density at radius 2 is 2.14 bits per heavy atom. The summed E-state index contributed by atoms with van der Waals surface area (Å²) in [5.74, 6) is -0.0897. The average Bonchev–Trinajstić information content (AvgIpc) is 2.45. The Labute approximate surface area is 125 Å². The third-order valence-corrected chi connectivity index (χ3v) is 4.12. The molecule has 1 aromatic carbocycles. The molecular formula is C14H21N3O3S. The Morgan fingerprint density at radius 1 is 1.33 bits per heavy atom. The molecular weight excluding hydrogens is 290 g/mol. The maximum atomic E-state index is 12.2. The summed E-state index contributed by atoms with van der Waals surface area (Å²) in [6, 6.07) is 5.77. The van der Waals surface area contributed by atoms with Crippen molar-refractivity contribution >= 4 is 15.9 Å². The molecule has 1 aliphatic heterocycles. The quantitative estimate of drug-likeness (QED) is 0.646. The van der Waals surface area contributed by atoms with Crippen LogP contribution >= 0.6 is 0 Å². The molecule has 0 fully saturated rings. The molecule has 0 unspecified atom stereocenters. The average molecular weight is 311 g/mol. The topological polar surface area (TPSA) is 87.3 Å². The number of nitrogens with one attached hydrogen (secondary N) is 3. The molecule has 7 heteroatoms. The molecule has 2 rings (SSSR count). The maximum Gasteiger partial charge on any atom is 0.251 e. The third kappa shape index (κ3) is 4.80. The first-order chi connectivity index (χ1) is 9.97. The van der Waals surface area contributed by atoms with Crippen LogP contribution in [0.1, 0.15) is 27.9 Å². The van der Waals surface area contributed by atoms with Gasteiger partial charge in [-0.3, -0.25) is 4.79 Å². The monoisotopic (exact) mass is 311 g/mol. The van der Waals surface area contributed by atoms with E-state index in [4.69, 9.17) is 0 Å². The van der Waals surface area contributed by atoms with Crippen LogP contribution in [-0.4, -0.2) is 40.2 Å². The van der Waals surface area contributed by atoms with Gasteiger partial charge in [0, 0.05) is 25.2 Å². The minimum atomic E-state index is -3.16. The van der Waals surface area contributed by atoms with Gasteiger partial charge in [0.15, 0.2) is 0 Å². The van der Waals surface area contributed by atoms with Crippen molar-refractivity contribution in [2.75, 3.05) is 25.9 Å². The lowest BCUT2D eigenvalue weighted by molar-refractivity contribution is 0.0952. The Bertz CT molecular complexity index is 614. The van der Waals surface area contributed by atoms with Crippen molar-refractivity contribution in [1.29, 1.82) is 0 Å². The van der Waals surface area contributed by atoms with Crippen molar-refractivity contribution in [3.8, 4) is 0 Å². The number of hydrogen-bond acceptors (Lipinski definition) is 4. The predicted octanol–water partition coefficient (Wildman–Crippen LogP) is 0.00140. The summed E-state index contributed by atoms with van der Waals surface area (Å²) in [6.07, 6.45) is 2.54. The second-order valence-corrected chi connectivity index (χ2v) is 6.98. The van der Waals surface area contributed by atoms with Crippen LogP contribution in [-0.2, 0) is 23.0 Å². The Kier molecular flexibility index (Phi) is 5.33. The highest BCUT2D eigenvalue weighted by atomic mass is 32.2. The van der Waals surface area contributed by atoms with Gasteiger partial charge in [-0.2, -0.15) is 0 Å². The fraction of sp³-hybridized carbons (Fsp3) is 0.500. The first-order valence-corrected chi connectivity index (χ1v) is 8.91. The van der Waals surface area contributed by atoms with Gasteiger partial charge in [-0.25, -0.2) is 13.1 Å². The number of carbonyl (C=O) groups is 1. The number of carbonyl (C=O) groups excluding carboxylic acids is 1. The number of fused-ring (bicyclic) bond motifs is 1. The van der Waals surface area contributed by atoms with Crippen LogP contribution in [0.5, 0.6) is 0 Å². The fourth-order valence-corrected chi connectivity index (χ4v) is 2.90. The largest absolute Gasteiger partial charge is 0.352 e. The van der Waals surface area contributed by atoms with Gasteiger partial charge in [-0.15, -0.1) is 0 Å². The molecule has 3 N–H and O–H groups in total. The van der Waals surface area contributed by atoms with E-state index < -0.39 is 10.0 Å². The lowest BCUT2D eigenvalue weighted by atomic mass is 9.95. The van der Waals surface area contributed by atoms with Crippen LogP contribution in [0.15, 0.2) is 18.2 Å². The summed E-state index contributed by atoms with van der Waals surface area (Å²) in [5.41, 5.74) is 3.01. The molecule has 6 nitrogen and oxygen atoms in total. The van der Waals surface area contributed by atoms with Crippen LogP contribution in [0.25, 0.3) is 0 Å². The number of benzene rings is 1. The highest BCUT2D eigenvalue weighted by Gasteiger charge is 2.16. The van der Waals surface area contributed by atoms with Gasteiger partial charge >= 0.3 is 0 Å². The van der Waals surface area contributed by atoms with E-state index in [0.717, 1.165) is 36.9 Å². The van der Waals surface area contributed by atoms with Gasteiger partial charge in [0.25, 0.3) is 5.91 Å². The van der Waals surface area contributed by atoms with Gasteiger partial charge < -0.3 is 10.6 Å². The predicted molar refractivity (Wildman–Crippen MR) is 81.6 cm³/mol. The highest BCUT2D eigenvalue weighted by Crippen LogP contribution is 2.18. The van der Waals surface area contributed by atoms with Crippen molar-refractivity contribution in [3.63, 3.8) is 0 Å². The molecule has 1 aliphatic rings. The van der Waals surface area contributed by atoms with E-state index in [0.29, 0.717) is 19.5 Å². The second-order valence-electron chi connectivity index (χ2n) is 5.15. The van der Waals surface area contributed by atoms with Crippen LogP contribution in [0.4, 0.5) is 0 Å². The standard InChI is InChI=1S/C14H21N3O3S/c1-21(19,20)17-8-3-7-16-14(18)13-5-2-4-11-10-15-9-6-12(11)13/h2,4-5,15,17H,3,6-10H2,1H3,(H,16,18). The first kappa shape index (κ1) is 15.9. The minimum absolute atomic E-state index is 0.0897. The number of sulfonamides is 1. The summed E-state index contributed by atoms with van der Waals surface area (Å²) in [7, 11) is -3.16. The first-order valence-electron chi connectivity index (χ1n) is 7.02. The molecule has 0 saturated carbocycles. The molecule has 1 heterocycles. The normalized spacial score (nSPS) is 14.5. The van der Waals surface area contributed by atoms with Crippen LogP contribution in [0.3, 0.4) is 0 Å². The maximum absolute atomic E-state index is 12.2. The Morgan fingerprint density at radius 3 is 2.90 bits per heavy atom. The van der Waals surface area contributed by atoms with E-state index in [9.17, 15) is 13.2 Å². The zero-order valence-electron chi connectivity index (χ0n) is 12.1. The zero-order valence-corrected chi connectivity index (χ0v) is 12.9. The molecule has 1 aromatic rings. The molecule has 0 aliphatic carbocycles. The highest BCUT2D eigenvalue weighted by molar-refractivity contribution is 7.88. The molecule has 1 amide bonds. The number of rotatable bonds is 6. The molecule has 0 aromatic heterocycles. The molecule has 0 atom stereocenters. The van der Waals surface area contributed by atoms with Crippen LogP contribution in [0.2, 0.25) is 0 Å². The SMILES string of the molecule is CS(=O)(=O)NCCCNC(=O)c1cccc2c1CCNC2. The molecule has 21 heavy (non-hydrogen) atoms. The van der Waals surface area contributed by atoms with Crippen molar-refractivity contribution < 1.29 is 13.2 Å². The molecule has 0 saturated heterocycles. The van der Waals surface area contributed by atoms with E-state index in [1.165, 1.54) is 5.56 Å². The molecule has 0 spiro atoms. The van der Waals surface area contributed by atoms with Crippen LogP contribution < -0.4 is 15.4 Å². The molecule has 0 bridgehead atoms. The summed E-state index contributed by atoms with van der Waals surface area (Å²) in [5, 5.41) is 6.13.